The smallest absolute Gasteiger partial charge is 0.339 e. The summed E-state index contributed by atoms with van der Waals surface area (Å²) in [5.74, 6) is -1.78. The van der Waals surface area contributed by atoms with Crippen LogP contribution in [0, 0.1) is 6.92 Å². The number of aromatic carboxylic acids is 1. The lowest BCUT2D eigenvalue weighted by atomic mass is 10.1. The molecule has 0 saturated heterocycles. The van der Waals surface area contributed by atoms with Crippen molar-refractivity contribution < 1.29 is 29.6 Å². The molecule has 0 fully saturated rings. The Balaban J connectivity index is 1.73. The Morgan fingerprint density at radius 3 is 2.52 bits per heavy atom. The number of carboxylic acid groups (broad SMARTS) is 1. The molecule has 0 saturated carbocycles. The van der Waals surface area contributed by atoms with Crippen LogP contribution in [0.4, 0.5) is 5.69 Å². The quantitative estimate of drug-likeness (QED) is 0.396. The normalized spacial score (nSPS) is 10.7. The Hall–Kier alpha value is -4.01. The minimum atomic E-state index is -1.18. The van der Waals surface area contributed by atoms with Gasteiger partial charge in [0.05, 0.1) is 28.8 Å². The Morgan fingerprint density at radius 2 is 1.86 bits per heavy atom. The van der Waals surface area contributed by atoms with Crippen molar-refractivity contribution in [1.82, 2.24) is 10.3 Å². The van der Waals surface area contributed by atoms with E-state index in [-0.39, 0.29) is 41.5 Å². The van der Waals surface area contributed by atoms with Gasteiger partial charge in [0.2, 0.25) is 0 Å². The zero-order chi connectivity index (χ0) is 21.1. The van der Waals surface area contributed by atoms with E-state index in [1.54, 1.807) is 25.1 Å². The first-order chi connectivity index (χ1) is 13.8. The van der Waals surface area contributed by atoms with E-state index >= 15 is 0 Å². The van der Waals surface area contributed by atoms with Gasteiger partial charge in [0.1, 0.15) is 29.4 Å². The molecule has 3 rings (SSSR count). The number of nitrogens with one attached hydrogen (secondary N) is 1. The number of rotatable bonds is 6. The maximum atomic E-state index is 12.1. The zero-order valence-corrected chi connectivity index (χ0v) is 15.5. The van der Waals surface area contributed by atoms with Crippen LogP contribution in [0.15, 0.2) is 36.4 Å². The van der Waals surface area contributed by atoms with E-state index in [0.717, 1.165) is 6.07 Å². The molecule has 150 valence electrons. The molecule has 1 aromatic heterocycles. The highest BCUT2D eigenvalue weighted by atomic mass is 16.5. The van der Waals surface area contributed by atoms with Crippen LogP contribution in [0.5, 0.6) is 17.2 Å². The maximum Gasteiger partial charge on any atom is 0.339 e. The van der Waals surface area contributed by atoms with Gasteiger partial charge >= 0.3 is 5.97 Å². The first kappa shape index (κ1) is 19.7. The highest BCUT2D eigenvalue weighted by Crippen LogP contribution is 2.33. The number of hydrogen-bond donors (Lipinski definition) is 5. The summed E-state index contributed by atoms with van der Waals surface area (Å²) in [6, 6.07) is 8.61. The molecular formula is C20H19N3O6. The van der Waals surface area contributed by atoms with Crippen molar-refractivity contribution in [3.05, 3.63) is 53.2 Å². The van der Waals surface area contributed by atoms with Crippen LogP contribution in [0.25, 0.3) is 10.9 Å². The summed E-state index contributed by atoms with van der Waals surface area (Å²) in [7, 11) is 0. The number of aromatic hydroxyl groups is 2. The Kier molecular flexibility index (Phi) is 5.40. The summed E-state index contributed by atoms with van der Waals surface area (Å²) >= 11 is 0. The van der Waals surface area contributed by atoms with E-state index in [1.807, 2.05) is 0 Å². The van der Waals surface area contributed by atoms with E-state index in [1.165, 1.54) is 12.1 Å². The summed E-state index contributed by atoms with van der Waals surface area (Å²) in [4.78, 5) is 27.8. The fourth-order valence-electron chi connectivity index (χ4n) is 2.98. The third kappa shape index (κ3) is 4.13. The third-order valence-corrected chi connectivity index (χ3v) is 4.22. The van der Waals surface area contributed by atoms with Crippen LogP contribution in [0.3, 0.4) is 0 Å². The molecule has 0 unspecified atom stereocenters. The number of aryl methyl sites for hydroxylation is 1. The number of anilines is 1. The molecule has 1 heterocycles. The van der Waals surface area contributed by atoms with E-state index in [9.17, 15) is 24.9 Å². The number of benzene rings is 2. The molecule has 0 bridgehead atoms. The monoisotopic (exact) mass is 397 g/mol. The molecule has 0 aliphatic heterocycles. The summed E-state index contributed by atoms with van der Waals surface area (Å²) in [6.45, 7) is 1.77. The van der Waals surface area contributed by atoms with Crippen molar-refractivity contribution in [2.24, 2.45) is 0 Å². The SMILES string of the molecule is Cc1nc2cccc(OCCNC(=O)c3cc(O)cc(O)c3)c2c(N)c1C(=O)O. The van der Waals surface area contributed by atoms with Crippen molar-refractivity contribution in [3.8, 4) is 17.2 Å². The number of aromatic nitrogens is 1. The van der Waals surface area contributed by atoms with Crippen LogP contribution in [0.1, 0.15) is 26.4 Å². The average molecular weight is 397 g/mol. The van der Waals surface area contributed by atoms with Gasteiger partial charge in [-0.05, 0) is 31.2 Å². The number of nitrogens with two attached hydrogens (primary N) is 1. The lowest BCUT2D eigenvalue weighted by Gasteiger charge is -2.14. The number of nitrogen functional groups attached to an aromatic ring is 1. The Bertz CT molecular complexity index is 1090. The second-order valence-corrected chi connectivity index (χ2v) is 6.28. The fraction of sp³-hybridized carbons (Fsp3) is 0.150. The summed E-state index contributed by atoms with van der Waals surface area (Å²) in [5.41, 5.74) is 6.95. The minimum Gasteiger partial charge on any atom is -0.508 e. The number of fused-ring (bicyclic) bond motifs is 1. The molecule has 29 heavy (non-hydrogen) atoms. The molecule has 0 atom stereocenters. The molecular weight excluding hydrogens is 378 g/mol. The van der Waals surface area contributed by atoms with Gasteiger partial charge in [-0.15, -0.1) is 0 Å². The van der Waals surface area contributed by atoms with E-state index in [2.05, 4.69) is 10.3 Å². The largest absolute Gasteiger partial charge is 0.508 e. The Morgan fingerprint density at radius 1 is 1.17 bits per heavy atom. The highest BCUT2D eigenvalue weighted by Gasteiger charge is 2.19. The number of ether oxygens (including phenoxy) is 1. The number of phenols is 2. The number of hydrogen-bond acceptors (Lipinski definition) is 7. The van der Waals surface area contributed by atoms with Gasteiger partial charge in [-0.3, -0.25) is 9.78 Å². The molecule has 0 radical (unpaired) electrons. The van der Waals surface area contributed by atoms with E-state index in [0.29, 0.717) is 22.3 Å². The number of carbonyl (C=O) groups excluding carboxylic acids is 1. The number of phenolic OH excluding ortho intramolecular Hbond substituents is 2. The molecule has 1 amide bonds. The minimum absolute atomic E-state index is 0.0647. The van der Waals surface area contributed by atoms with E-state index < -0.39 is 11.9 Å². The van der Waals surface area contributed by atoms with Gasteiger partial charge in [0.25, 0.3) is 5.91 Å². The highest BCUT2D eigenvalue weighted by molar-refractivity contribution is 6.06. The first-order valence-corrected chi connectivity index (χ1v) is 8.64. The zero-order valence-electron chi connectivity index (χ0n) is 15.5. The maximum absolute atomic E-state index is 12.1. The standard InChI is InChI=1S/C20H19N3O6/c1-10-16(20(27)28)18(21)17-14(23-10)3-2-4-15(17)29-6-5-22-19(26)11-7-12(24)9-13(25)8-11/h2-4,7-9,24-25H,5-6H2,1H3,(H2,21,23)(H,22,26)(H,27,28). The molecule has 9 nitrogen and oxygen atoms in total. The van der Waals surface area contributed by atoms with Gasteiger partial charge in [0, 0.05) is 11.6 Å². The summed E-state index contributed by atoms with van der Waals surface area (Å²) in [5, 5.41) is 31.3. The summed E-state index contributed by atoms with van der Waals surface area (Å²) < 4.78 is 5.68. The van der Waals surface area contributed by atoms with Crippen molar-refractivity contribution in [2.45, 2.75) is 6.92 Å². The fourth-order valence-corrected chi connectivity index (χ4v) is 2.98. The van der Waals surface area contributed by atoms with Crippen LogP contribution >= 0.6 is 0 Å². The molecule has 9 heteroatoms. The second kappa shape index (κ2) is 7.93. The van der Waals surface area contributed by atoms with Gasteiger partial charge in [-0.1, -0.05) is 6.07 Å². The van der Waals surface area contributed by atoms with Crippen molar-refractivity contribution in [3.63, 3.8) is 0 Å². The number of carboxylic acids is 1. The van der Waals surface area contributed by atoms with Crippen molar-refractivity contribution >= 4 is 28.5 Å². The van der Waals surface area contributed by atoms with Gasteiger partial charge in [-0.2, -0.15) is 0 Å². The van der Waals surface area contributed by atoms with Crippen LogP contribution in [-0.4, -0.2) is 45.3 Å². The first-order valence-electron chi connectivity index (χ1n) is 8.64. The van der Waals surface area contributed by atoms with Gasteiger partial charge in [-0.25, -0.2) is 4.79 Å². The average Bonchev–Trinajstić information content (AvgIpc) is 2.63. The number of amides is 1. The molecule has 0 aliphatic rings. The third-order valence-electron chi connectivity index (χ3n) is 4.22. The molecule has 3 aromatic rings. The predicted molar refractivity (Wildman–Crippen MR) is 105 cm³/mol. The van der Waals surface area contributed by atoms with Crippen molar-refractivity contribution in [2.75, 3.05) is 18.9 Å². The number of pyridine rings is 1. The van der Waals surface area contributed by atoms with E-state index in [4.69, 9.17) is 10.5 Å². The Labute approximate surface area is 165 Å². The van der Waals surface area contributed by atoms with Gasteiger partial charge < -0.3 is 31.1 Å². The number of nitrogens with zero attached hydrogens (tertiary/aromatic N) is 1. The second-order valence-electron chi connectivity index (χ2n) is 6.28. The van der Waals surface area contributed by atoms with Crippen LogP contribution in [0.2, 0.25) is 0 Å². The lowest BCUT2D eigenvalue weighted by molar-refractivity contribution is 0.0696. The number of carbonyl (C=O) groups is 2. The summed E-state index contributed by atoms with van der Waals surface area (Å²) in [6.07, 6.45) is 0. The molecule has 6 N–H and O–H groups in total. The van der Waals surface area contributed by atoms with Crippen molar-refractivity contribution in [1.29, 1.82) is 0 Å². The molecule has 0 spiro atoms. The molecule has 0 aliphatic carbocycles. The van der Waals surface area contributed by atoms with Gasteiger partial charge in [0.15, 0.2) is 0 Å². The van der Waals surface area contributed by atoms with Crippen LogP contribution < -0.4 is 15.8 Å². The molecule has 2 aromatic carbocycles. The van der Waals surface area contributed by atoms with Crippen LogP contribution in [-0.2, 0) is 0 Å². The lowest BCUT2D eigenvalue weighted by Crippen LogP contribution is -2.28. The predicted octanol–water partition coefficient (Wildman–Crippen LogP) is 2.04. The topological polar surface area (TPSA) is 155 Å².